The lowest BCUT2D eigenvalue weighted by Crippen LogP contribution is -2.42. The molecule has 0 aromatic heterocycles. The quantitative estimate of drug-likeness (QED) is 0.749. The second kappa shape index (κ2) is 8.27. The van der Waals surface area contributed by atoms with Crippen molar-refractivity contribution >= 4 is 6.03 Å². The van der Waals surface area contributed by atoms with E-state index in [2.05, 4.69) is 11.9 Å². The van der Waals surface area contributed by atoms with Crippen LogP contribution in [0.25, 0.3) is 0 Å². The molecule has 20 heavy (non-hydrogen) atoms. The Labute approximate surface area is 116 Å². The summed E-state index contributed by atoms with van der Waals surface area (Å²) in [5.74, 6) is -1.28. The third-order valence-electron chi connectivity index (χ3n) is 2.62. The molecule has 1 aromatic carbocycles. The van der Waals surface area contributed by atoms with Crippen LogP contribution in [0.4, 0.5) is 13.6 Å². The van der Waals surface area contributed by atoms with E-state index < -0.39 is 11.6 Å². The predicted molar refractivity (Wildman–Crippen MR) is 72.3 cm³/mol. The first-order valence-corrected chi connectivity index (χ1v) is 6.26. The van der Waals surface area contributed by atoms with Crippen molar-refractivity contribution in [1.82, 2.24) is 10.2 Å². The van der Waals surface area contributed by atoms with Crippen molar-refractivity contribution in [1.29, 1.82) is 0 Å². The molecule has 4 nitrogen and oxygen atoms in total. The van der Waals surface area contributed by atoms with E-state index in [4.69, 9.17) is 5.11 Å². The molecule has 0 aliphatic carbocycles. The van der Waals surface area contributed by atoms with E-state index in [1.165, 1.54) is 17.0 Å². The number of hydrogen-bond donors (Lipinski definition) is 2. The van der Waals surface area contributed by atoms with E-state index in [9.17, 15) is 13.6 Å². The molecule has 2 N–H and O–H groups in total. The summed E-state index contributed by atoms with van der Waals surface area (Å²) in [6.45, 7) is 4.16. The molecule has 1 aromatic rings. The Morgan fingerprint density at radius 1 is 1.35 bits per heavy atom. The summed E-state index contributed by atoms with van der Waals surface area (Å²) < 4.78 is 25.9. The van der Waals surface area contributed by atoms with Crippen LogP contribution >= 0.6 is 0 Å². The standard InChI is InChI=1S/C14H18F2N2O2/c1-2-5-18(6-7-19)14(20)17-4-3-11-8-12(15)10-13(16)9-11/h2,8-10,19H,1,3-7H2,(H,17,20). The normalized spacial score (nSPS) is 10.2. The molecule has 0 unspecified atom stereocenters. The van der Waals surface area contributed by atoms with Gasteiger partial charge in [-0.1, -0.05) is 6.08 Å². The van der Waals surface area contributed by atoms with Gasteiger partial charge in [0.15, 0.2) is 0 Å². The molecule has 0 saturated carbocycles. The Hall–Kier alpha value is -1.95. The zero-order valence-corrected chi connectivity index (χ0v) is 11.1. The maximum Gasteiger partial charge on any atom is 0.317 e. The first-order valence-electron chi connectivity index (χ1n) is 6.26. The van der Waals surface area contributed by atoms with Gasteiger partial charge < -0.3 is 15.3 Å². The van der Waals surface area contributed by atoms with Gasteiger partial charge in [0.2, 0.25) is 0 Å². The molecule has 0 atom stereocenters. The van der Waals surface area contributed by atoms with E-state index in [-0.39, 0.29) is 25.7 Å². The van der Waals surface area contributed by atoms with Gasteiger partial charge in [-0.05, 0) is 24.1 Å². The van der Waals surface area contributed by atoms with Crippen LogP contribution in [0, 0.1) is 11.6 Å². The SMILES string of the molecule is C=CCN(CCO)C(=O)NCCc1cc(F)cc(F)c1. The summed E-state index contributed by atoms with van der Waals surface area (Å²) in [5, 5.41) is 11.5. The second-order valence-corrected chi connectivity index (χ2v) is 4.22. The number of urea groups is 1. The summed E-state index contributed by atoms with van der Waals surface area (Å²) in [4.78, 5) is 13.1. The number of amides is 2. The number of carbonyl (C=O) groups is 1. The van der Waals surface area contributed by atoms with Crippen LogP contribution in [0.3, 0.4) is 0 Å². The van der Waals surface area contributed by atoms with Crippen LogP contribution in [-0.2, 0) is 6.42 Å². The average molecular weight is 284 g/mol. The second-order valence-electron chi connectivity index (χ2n) is 4.22. The van der Waals surface area contributed by atoms with Crippen molar-refractivity contribution in [3.63, 3.8) is 0 Å². The maximum absolute atomic E-state index is 13.0. The molecule has 110 valence electrons. The zero-order valence-electron chi connectivity index (χ0n) is 11.1. The predicted octanol–water partition coefficient (Wildman–Crippen LogP) is 1.70. The number of aliphatic hydroxyl groups excluding tert-OH is 1. The Balaban J connectivity index is 2.45. The van der Waals surface area contributed by atoms with Gasteiger partial charge in [0.05, 0.1) is 6.61 Å². The Bertz CT molecular complexity index is 446. The van der Waals surface area contributed by atoms with E-state index >= 15 is 0 Å². The molecule has 0 aliphatic heterocycles. The minimum absolute atomic E-state index is 0.142. The Morgan fingerprint density at radius 2 is 2.00 bits per heavy atom. The fourth-order valence-electron chi connectivity index (χ4n) is 1.73. The molecular weight excluding hydrogens is 266 g/mol. The lowest BCUT2D eigenvalue weighted by Gasteiger charge is -2.20. The molecule has 2 amide bonds. The number of benzene rings is 1. The highest BCUT2D eigenvalue weighted by atomic mass is 19.1. The van der Waals surface area contributed by atoms with Gasteiger partial charge in [0, 0.05) is 25.7 Å². The minimum atomic E-state index is -0.639. The third kappa shape index (κ3) is 5.36. The molecule has 1 rings (SSSR count). The van der Waals surface area contributed by atoms with E-state index in [0.29, 0.717) is 18.5 Å². The molecule has 0 saturated heterocycles. The van der Waals surface area contributed by atoms with E-state index in [1.807, 2.05) is 0 Å². The lowest BCUT2D eigenvalue weighted by atomic mass is 10.1. The van der Waals surface area contributed by atoms with Crippen molar-refractivity contribution in [2.24, 2.45) is 0 Å². The van der Waals surface area contributed by atoms with Gasteiger partial charge in [0.1, 0.15) is 11.6 Å². The fraction of sp³-hybridized carbons (Fsp3) is 0.357. The molecule has 0 fully saturated rings. The highest BCUT2D eigenvalue weighted by Gasteiger charge is 2.10. The molecular formula is C14H18F2N2O2. The summed E-state index contributed by atoms with van der Waals surface area (Å²) >= 11 is 0. The van der Waals surface area contributed by atoms with Gasteiger partial charge in [-0.2, -0.15) is 0 Å². The molecule has 0 spiro atoms. The zero-order chi connectivity index (χ0) is 15.0. The number of carbonyl (C=O) groups excluding carboxylic acids is 1. The third-order valence-corrected chi connectivity index (χ3v) is 2.62. The van der Waals surface area contributed by atoms with Crippen LogP contribution in [0.5, 0.6) is 0 Å². The Morgan fingerprint density at radius 3 is 2.55 bits per heavy atom. The van der Waals surface area contributed by atoms with Crippen LogP contribution in [0.1, 0.15) is 5.56 Å². The highest BCUT2D eigenvalue weighted by molar-refractivity contribution is 5.74. The minimum Gasteiger partial charge on any atom is -0.395 e. The number of hydrogen-bond acceptors (Lipinski definition) is 2. The van der Waals surface area contributed by atoms with E-state index in [0.717, 1.165) is 6.07 Å². The summed E-state index contributed by atoms with van der Waals surface area (Å²) in [6.07, 6.45) is 1.87. The van der Waals surface area contributed by atoms with Crippen molar-refractivity contribution in [2.75, 3.05) is 26.2 Å². The topological polar surface area (TPSA) is 52.6 Å². The average Bonchev–Trinajstić information content (AvgIpc) is 2.37. The number of rotatable bonds is 7. The van der Waals surface area contributed by atoms with Gasteiger partial charge in [-0.25, -0.2) is 13.6 Å². The summed E-state index contributed by atoms with van der Waals surface area (Å²) in [7, 11) is 0. The van der Waals surface area contributed by atoms with Crippen molar-refractivity contribution in [3.05, 3.63) is 48.1 Å². The molecule has 6 heteroatoms. The van der Waals surface area contributed by atoms with E-state index in [1.54, 1.807) is 6.08 Å². The van der Waals surface area contributed by atoms with Crippen molar-refractivity contribution in [2.45, 2.75) is 6.42 Å². The number of nitrogens with zero attached hydrogens (tertiary/aromatic N) is 1. The van der Waals surface area contributed by atoms with Crippen molar-refractivity contribution < 1.29 is 18.7 Å². The number of aliphatic hydroxyl groups is 1. The smallest absolute Gasteiger partial charge is 0.317 e. The van der Waals surface area contributed by atoms with Crippen molar-refractivity contribution in [3.8, 4) is 0 Å². The molecule has 0 bridgehead atoms. The Kier molecular flexibility index (Phi) is 6.66. The summed E-state index contributed by atoms with van der Waals surface area (Å²) in [5.41, 5.74) is 0.472. The number of halogens is 2. The largest absolute Gasteiger partial charge is 0.395 e. The first kappa shape index (κ1) is 16.1. The van der Waals surface area contributed by atoms with Gasteiger partial charge >= 0.3 is 6.03 Å². The maximum atomic E-state index is 13.0. The van der Waals surface area contributed by atoms with Crippen LogP contribution in [0.15, 0.2) is 30.9 Å². The van der Waals surface area contributed by atoms with Crippen LogP contribution < -0.4 is 5.32 Å². The molecule has 0 heterocycles. The molecule has 0 radical (unpaired) electrons. The van der Waals surface area contributed by atoms with Crippen LogP contribution in [-0.4, -0.2) is 42.3 Å². The molecule has 0 aliphatic rings. The lowest BCUT2D eigenvalue weighted by molar-refractivity contribution is 0.184. The number of nitrogens with one attached hydrogen (secondary N) is 1. The first-order chi connectivity index (χ1) is 9.56. The van der Waals surface area contributed by atoms with Gasteiger partial charge in [0.25, 0.3) is 0 Å². The van der Waals surface area contributed by atoms with Crippen LogP contribution in [0.2, 0.25) is 0 Å². The van der Waals surface area contributed by atoms with Gasteiger partial charge in [-0.15, -0.1) is 6.58 Å². The van der Waals surface area contributed by atoms with Gasteiger partial charge in [-0.3, -0.25) is 0 Å². The monoisotopic (exact) mass is 284 g/mol. The summed E-state index contributed by atoms with van der Waals surface area (Å²) in [6, 6.07) is 2.90. The fourth-order valence-corrected chi connectivity index (χ4v) is 1.73. The highest BCUT2D eigenvalue weighted by Crippen LogP contribution is 2.08.